The molecular formula is C15H15IN2O. The fourth-order valence-corrected chi connectivity index (χ4v) is 2.63. The lowest BCUT2D eigenvalue weighted by atomic mass is 10.1. The summed E-state index contributed by atoms with van der Waals surface area (Å²) in [6.45, 7) is 3.92. The highest BCUT2D eigenvalue weighted by atomic mass is 127. The van der Waals surface area contributed by atoms with E-state index in [1.807, 2.05) is 44.2 Å². The predicted molar refractivity (Wildman–Crippen MR) is 87.4 cm³/mol. The first-order valence-electron chi connectivity index (χ1n) is 5.91. The van der Waals surface area contributed by atoms with Gasteiger partial charge in [-0.25, -0.2) is 0 Å². The second kappa shape index (κ2) is 5.61. The van der Waals surface area contributed by atoms with E-state index in [4.69, 9.17) is 5.73 Å². The Balaban J connectivity index is 2.32. The molecule has 4 heteroatoms. The Morgan fingerprint density at radius 1 is 1.21 bits per heavy atom. The summed E-state index contributed by atoms with van der Waals surface area (Å²) in [5.41, 5.74) is 9.96. The molecule has 0 aromatic heterocycles. The van der Waals surface area contributed by atoms with Gasteiger partial charge in [-0.05, 0) is 65.8 Å². The Morgan fingerprint density at radius 3 is 2.53 bits per heavy atom. The lowest BCUT2D eigenvalue weighted by molar-refractivity contribution is 0.102. The van der Waals surface area contributed by atoms with Gasteiger partial charge in [-0.1, -0.05) is 18.2 Å². The van der Waals surface area contributed by atoms with Gasteiger partial charge in [0, 0.05) is 3.57 Å². The standard InChI is InChI=1S/C15H15IN2O/c1-9-7-10(2)14(13(17)8-9)18-15(19)11-5-3-4-6-12(11)16/h3-8H,17H2,1-2H3,(H,18,19). The monoisotopic (exact) mass is 366 g/mol. The number of carbonyl (C=O) groups is 1. The lowest BCUT2D eigenvalue weighted by Gasteiger charge is -2.13. The van der Waals surface area contributed by atoms with E-state index in [9.17, 15) is 4.79 Å². The van der Waals surface area contributed by atoms with Crippen LogP contribution in [0.1, 0.15) is 21.5 Å². The zero-order valence-corrected chi connectivity index (χ0v) is 13.0. The van der Waals surface area contributed by atoms with E-state index in [0.29, 0.717) is 16.9 Å². The number of rotatable bonds is 2. The van der Waals surface area contributed by atoms with Crippen molar-refractivity contribution in [2.24, 2.45) is 0 Å². The van der Waals surface area contributed by atoms with Gasteiger partial charge in [-0.2, -0.15) is 0 Å². The Labute approximate surface area is 126 Å². The van der Waals surface area contributed by atoms with Crippen LogP contribution in [0, 0.1) is 17.4 Å². The number of benzene rings is 2. The fraction of sp³-hybridized carbons (Fsp3) is 0.133. The molecule has 2 aromatic carbocycles. The number of halogens is 1. The van der Waals surface area contributed by atoms with Gasteiger partial charge >= 0.3 is 0 Å². The number of anilines is 2. The highest BCUT2D eigenvalue weighted by Gasteiger charge is 2.12. The molecule has 2 aromatic rings. The molecule has 0 saturated heterocycles. The van der Waals surface area contributed by atoms with E-state index < -0.39 is 0 Å². The maximum atomic E-state index is 12.3. The van der Waals surface area contributed by atoms with Crippen molar-refractivity contribution in [1.29, 1.82) is 0 Å². The molecule has 0 spiro atoms. The number of aryl methyl sites for hydroxylation is 2. The molecule has 0 fully saturated rings. The van der Waals surface area contributed by atoms with Crippen molar-refractivity contribution in [1.82, 2.24) is 0 Å². The second-order valence-electron chi connectivity index (χ2n) is 4.48. The smallest absolute Gasteiger partial charge is 0.256 e. The van der Waals surface area contributed by atoms with Crippen molar-refractivity contribution < 1.29 is 4.79 Å². The van der Waals surface area contributed by atoms with Gasteiger partial charge in [-0.3, -0.25) is 4.79 Å². The Kier molecular flexibility index (Phi) is 4.09. The molecule has 0 saturated carbocycles. The van der Waals surface area contributed by atoms with E-state index in [0.717, 1.165) is 14.7 Å². The van der Waals surface area contributed by atoms with E-state index >= 15 is 0 Å². The summed E-state index contributed by atoms with van der Waals surface area (Å²) in [5, 5.41) is 2.89. The SMILES string of the molecule is Cc1cc(C)c(NC(=O)c2ccccc2I)c(N)c1. The van der Waals surface area contributed by atoms with Crippen LogP contribution in [-0.2, 0) is 0 Å². The molecule has 98 valence electrons. The maximum Gasteiger partial charge on any atom is 0.256 e. The van der Waals surface area contributed by atoms with E-state index in [-0.39, 0.29) is 5.91 Å². The number of hydrogen-bond acceptors (Lipinski definition) is 2. The van der Waals surface area contributed by atoms with Crippen molar-refractivity contribution in [2.45, 2.75) is 13.8 Å². The average Bonchev–Trinajstić information content (AvgIpc) is 2.34. The van der Waals surface area contributed by atoms with Gasteiger partial charge < -0.3 is 11.1 Å². The number of hydrogen-bond donors (Lipinski definition) is 2. The van der Waals surface area contributed by atoms with Crippen LogP contribution in [0.3, 0.4) is 0 Å². The molecule has 2 rings (SSSR count). The molecule has 3 N–H and O–H groups in total. The van der Waals surface area contributed by atoms with Crippen LogP contribution >= 0.6 is 22.6 Å². The third-order valence-corrected chi connectivity index (χ3v) is 3.81. The van der Waals surface area contributed by atoms with Gasteiger partial charge in [-0.15, -0.1) is 0 Å². The molecule has 0 radical (unpaired) electrons. The van der Waals surface area contributed by atoms with Crippen LogP contribution in [0.5, 0.6) is 0 Å². The Morgan fingerprint density at radius 2 is 1.89 bits per heavy atom. The summed E-state index contributed by atoms with van der Waals surface area (Å²) < 4.78 is 0.918. The second-order valence-corrected chi connectivity index (χ2v) is 5.64. The van der Waals surface area contributed by atoms with E-state index in [1.165, 1.54) is 0 Å². The first-order chi connectivity index (χ1) is 8.99. The van der Waals surface area contributed by atoms with E-state index in [2.05, 4.69) is 27.9 Å². The van der Waals surface area contributed by atoms with Gasteiger partial charge in [0.25, 0.3) is 5.91 Å². The molecule has 1 amide bonds. The average molecular weight is 366 g/mol. The summed E-state index contributed by atoms with van der Waals surface area (Å²) in [4.78, 5) is 12.3. The summed E-state index contributed by atoms with van der Waals surface area (Å²) in [6.07, 6.45) is 0. The molecule has 0 aliphatic carbocycles. The van der Waals surface area contributed by atoms with Gasteiger partial charge in [0.1, 0.15) is 0 Å². The summed E-state index contributed by atoms with van der Waals surface area (Å²) in [7, 11) is 0. The molecule has 19 heavy (non-hydrogen) atoms. The van der Waals surface area contributed by atoms with Crippen LogP contribution in [-0.4, -0.2) is 5.91 Å². The lowest BCUT2D eigenvalue weighted by Crippen LogP contribution is -2.15. The maximum absolute atomic E-state index is 12.3. The van der Waals surface area contributed by atoms with Gasteiger partial charge in [0.2, 0.25) is 0 Å². The third-order valence-electron chi connectivity index (χ3n) is 2.87. The zero-order chi connectivity index (χ0) is 14.0. The van der Waals surface area contributed by atoms with Crippen LogP contribution in [0.2, 0.25) is 0 Å². The highest BCUT2D eigenvalue weighted by molar-refractivity contribution is 14.1. The van der Waals surface area contributed by atoms with Crippen molar-refractivity contribution in [3.63, 3.8) is 0 Å². The number of carbonyl (C=O) groups excluding carboxylic acids is 1. The van der Waals surface area contributed by atoms with Crippen LogP contribution in [0.4, 0.5) is 11.4 Å². The normalized spacial score (nSPS) is 10.3. The van der Waals surface area contributed by atoms with Crippen LogP contribution < -0.4 is 11.1 Å². The fourth-order valence-electron chi connectivity index (χ4n) is 2.00. The van der Waals surface area contributed by atoms with E-state index in [1.54, 1.807) is 6.07 Å². The summed E-state index contributed by atoms with van der Waals surface area (Å²) >= 11 is 2.15. The topological polar surface area (TPSA) is 55.1 Å². The number of amides is 1. The van der Waals surface area contributed by atoms with Crippen molar-refractivity contribution in [3.05, 3.63) is 56.7 Å². The largest absolute Gasteiger partial charge is 0.397 e. The molecule has 0 aliphatic rings. The minimum Gasteiger partial charge on any atom is -0.397 e. The summed E-state index contributed by atoms with van der Waals surface area (Å²) in [6, 6.07) is 11.3. The highest BCUT2D eigenvalue weighted by Crippen LogP contribution is 2.26. The minimum absolute atomic E-state index is 0.136. The molecule has 0 bridgehead atoms. The minimum atomic E-state index is -0.136. The third kappa shape index (κ3) is 3.07. The molecule has 0 unspecified atom stereocenters. The molecule has 0 heterocycles. The van der Waals surface area contributed by atoms with Crippen LogP contribution in [0.15, 0.2) is 36.4 Å². The van der Waals surface area contributed by atoms with Gasteiger partial charge in [0.15, 0.2) is 0 Å². The van der Waals surface area contributed by atoms with Gasteiger partial charge in [0.05, 0.1) is 16.9 Å². The first kappa shape index (κ1) is 13.9. The number of nitrogens with two attached hydrogens (primary N) is 1. The summed E-state index contributed by atoms with van der Waals surface area (Å²) in [5.74, 6) is -0.136. The molecule has 3 nitrogen and oxygen atoms in total. The Bertz CT molecular complexity index is 615. The zero-order valence-electron chi connectivity index (χ0n) is 10.8. The number of nitrogens with one attached hydrogen (secondary N) is 1. The van der Waals surface area contributed by atoms with Crippen molar-refractivity contribution >= 4 is 39.9 Å². The quantitative estimate of drug-likeness (QED) is 0.629. The number of nitrogen functional groups attached to an aromatic ring is 1. The first-order valence-corrected chi connectivity index (χ1v) is 6.99. The molecule has 0 atom stereocenters. The predicted octanol–water partition coefficient (Wildman–Crippen LogP) is 3.74. The van der Waals surface area contributed by atoms with Crippen LogP contribution in [0.25, 0.3) is 0 Å². The molecule has 0 aliphatic heterocycles. The molecular weight excluding hydrogens is 351 g/mol. The van der Waals surface area contributed by atoms with Crippen molar-refractivity contribution in [3.8, 4) is 0 Å². The Hall–Kier alpha value is -1.56. The van der Waals surface area contributed by atoms with Crippen molar-refractivity contribution in [2.75, 3.05) is 11.1 Å².